The third kappa shape index (κ3) is 1.67. The lowest BCUT2D eigenvalue weighted by molar-refractivity contribution is 0.111. The molecule has 0 bridgehead atoms. The molecule has 0 aromatic carbocycles. The van der Waals surface area contributed by atoms with Crippen molar-refractivity contribution in [3.8, 4) is 0 Å². The monoisotopic (exact) mass is 240 g/mol. The zero-order chi connectivity index (χ0) is 11.9. The predicted octanol–water partition coefficient (Wildman–Crippen LogP) is -0.123. The number of aromatic nitrogens is 4. The summed E-state index contributed by atoms with van der Waals surface area (Å²) in [5, 5.41) is -0.143. The van der Waals surface area contributed by atoms with Crippen LogP contribution >= 0.6 is 0 Å². The maximum Gasteiger partial charge on any atom is 0.195 e. The van der Waals surface area contributed by atoms with Crippen LogP contribution in [0.3, 0.4) is 0 Å². The van der Waals surface area contributed by atoms with Crippen molar-refractivity contribution in [1.29, 1.82) is 0 Å². The first-order chi connectivity index (χ1) is 7.41. The van der Waals surface area contributed by atoms with Gasteiger partial charge in [0.2, 0.25) is 0 Å². The summed E-state index contributed by atoms with van der Waals surface area (Å²) >= 11 is 0. The quantitative estimate of drug-likeness (QED) is 0.579. The number of aryl methyl sites for hydroxylation is 1. The Kier molecular flexibility index (Phi) is 2.23. The second kappa shape index (κ2) is 3.34. The van der Waals surface area contributed by atoms with E-state index in [1.807, 2.05) is 0 Å². The summed E-state index contributed by atoms with van der Waals surface area (Å²) in [6.07, 6.45) is 1.53. The fourth-order valence-electron chi connectivity index (χ4n) is 1.32. The Labute approximate surface area is 90.9 Å². The molecule has 2 rings (SSSR count). The third-order valence-corrected chi connectivity index (χ3v) is 2.91. The second-order valence-corrected chi connectivity index (χ2v) is 5.22. The first-order valence-electron chi connectivity index (χ1n) is 4.31. The number of nitrogens with one attached hydrogen (secondary N) is 1. The molecule has 0 aliphatic heterocycles. The standard InChI is InChI=1S/C8H8N4O3S/c1-4-9-7-6(11-5(3-13)12-7)8(10-4)16(2,14)15/h3H,1-2H3,(H,9,10,11,12). The fraction of sp³-hybridized carbons (Fsp3) is 0.250. The molecule has 0 radical (unpaired) electrons. The number of imidazole rings is 1. The summed E-state index contributed by atoms with van der Waals surface area (Å²) < 4.78 is 22.9. The molecule has 2 aromatic rings. The zero-order valence-corrected chi connectivity index (χ0v) is 9.37. The maximum atomic E-state index is 11.5. The van der Waals surface area contributed by atoms with Crippen molar-refractivity contribution in [3.63, 3.8) is 0 Å². The van der Waals surface area contributed by atoms with Crippen LogP contribution < -0.4 is 0 Å². The molecule has 0 fully saturated rings. The highest BCUT2D eigenvalue weighted by atomic mass is 32.2. The molecule has 0 unspecified atom stereocenters. The molecule has 2 aromatic heterocycles. The van der Waals surface area contributed by atoms with Crippen molar-refractivity contribution in [3.05, 3.63) is 11.6 Å². The summed E-state index contributed by atoms with van der Waals surface area (Å²) in [6.45, 7) is 1.56. The molecule has 0 saturated heterocycles. The van der Waals surface area contributed by atoms with Gasteiger partial charge in [0.15, 0.2) is 32.6 Å². The lowest BCUT2D eigenvalue weighted by Gasteiger charge is -1.99. The Morgan fingerprint density at radius 1 is 1.25 bits per heavy atom. The Morgan fingerprint density at radius 3 is 2.50 bits per heavy atom. The number of H-pyrrole nitrogens is 1. The van der Waals surface area contributed by atoms with Crippen LogP contribution in [-0.4, -0.2) is 40.9 Å². The summed E-state index contributed by atoms with van der Waals surface area (Å²) in [5.41, 5.74) is 0.338. The summed E-state index contributed by atoms with van der Waals surface area (Å²) in [5.74, 6) is 0.316. The molecule has 84 valence electrons. The molecule has 8 heteroatoms. The van der Waals surface area contributed by atoms with Crippen molar-refractivity contribution in [2.24, 2.45) is 0 Å². The van der Waals surface area contributed by atoms with Gasteiger partial charge in [-0.2, -0.15) is 0 Å². The van der Waals surface area contributed by atoms with Crippen molar-refractivity contribution < 1.29 is 13.2 Å². The van der Waals surface area contributed by atoms with E-state index in [0.717, 1.165) is 6.26 Å². The van der Waals surface area contributed by atoms with E-state index >= 15 is 0 Å². The molecule has 0 aliphatic rings. The van der Waals surface area contributed by atoms with Crippen LogP contribution in [0.5, 0.6) is 0 Å². The number of hydrogen-bond donors (Lipinski definition) is 1. The predicted molar refractivity (Wildman–Crippen MR) is 54.9 cm³/mol. The number of nitrogens with zero attached hydrogens (tertiary/aromatic N) is 3. The van der Waals surface area contributed by atoms with Crippen LogP contribution in [-0.2, 0) is 9.84 Å². The number of aromatic amines is 1. The summed E-state index contributed by atoms with van der Waals surface area (Å²) in [4.78, 5) is 24.7. The van der Waals surface area contributed by atoms with Gasteiger partial charge in [-0.25, -0.2) is 23.4 Å². The van der Waals surface area contributed by atoms with Crippen LogP contribution in [0.1, 0.15) is 16.4 Å². The SMILES string of the molecule is Cc1nc(S(C)(=O)=O)c2[nH]c(C=O)nc2n1. The number of carbonyl (C=O) groups excluding carboxylic acids is 1. The minimum atomic E-state index is -3.49. The lowest BCUT2D eigenvalue weighted by atomic mass is 10.5. The Balaban J connectivity index is 2.92. The Hall–Kier alpha value is -1.83. The van der Waals surface area contributed by atoms with E-state index in [1.165, 1.54) is 0 Å². The minimum Gasteiger partial charge on any atom is -0.332 e. The van der Waals surface area contributed by atoms with Gasteiger partial charge in [-0.15, -0.1) is 0 Å². The zero-order valence-electron chi connectivity index (χ0n) is 8.55. The number of hydrogen-bond acceptors (Lipinski definition) is 6. The van der Waals surface area contributed by atoms with E-state index in [2.05, 4.69) is 19.9 Å². The van der Waals surface area contributed by atoms with Gasteiger partial charge >= 0.3 is 0 Å². The molecular weight excluding hydrogens is 232 g/mol. The highest BCUT2D eigenvalue weighted by Gasteiger charge is 2.18. The number of rotatable bonds is 2. The van der Waals surface area contributed by atoms with Crippen molar-refractivity contribution in [1.82, 2.24) is 19.9 Å². The second-order valence-electron chi connectivity index (χ2n) is 3.29. The van der Waals surface area contributed by atoms with Gasteiger partial charge in [-0.3, -0.25) is 4.79 Å². The fourth-order valence-corrected chi connectivity index (χ4v) is 2.13. The van der Waals surface area contributed by atoms with Gasteiger partial charge in [-0.05, 0) is 6.92 Å². The number of sulfone groups is 1. The Bertz CT molecular complexity index is 674. The highest BCUT2D eigenvalue weighted by Crippen LogP contribution is 2.17. The number of fused-ring (bicyclic) bond motifs is 1. The Morgan fingerprint density at radius 2 is 1.94 bits per heavy atom. The van der Waals surface area contributed by atoms with Crippen molar-refractivity contribution in [2.45, 2.75) is 11.9 Å². The summed E-state index contributed by atoms with van der Waals surface area (Å²) in [7, 11) is -3.49. The molecule has 0 saturated carbocycles. The van der Waals surface area contributed by atoms with Crippen molar-refractivity contribution >= 4 is 27.3 Å². The summed E-state index contributed by atoms with van der Waals surface area (Å²) in [6, 6.07) is 0. The normalized spacial score (nSPS) is 11.9. The minimum absolute atomic E-state index is 0.0276. The van der Waals surface area contributed by atoms with E-state index < -0.39 is 9.84 Å². The molecule has 2 heterocycles. The largest absolute Gasteiger partial charge is 0.332 e. The van der Waals surface area contributed by atoms with Crippen LogP contribution in [0.15, 0.2) is 5.03 Å². The van der Waals surface area contributed by atoms with E-state index in [0.29, 0.717) is 6.29 Å². The lowest BCUT2D eigenvalue weighted by Crippen LogP contribution is -2.04. The molecule has 1 N–H and O–H groups in total. The van der Waals surface area contributed by atoms with Crippen molar-refractivity contribution in [2.75, 3.05) is 6.26 Å². The average molecular weight is 240 g/mol. The van der Waals surface area contributed by atoms with Gasteiger partial charge in [-0.1, -0.05) is 0 Å². The third-order valence-electron chi connectivity index (χ3n) is 1.91. The molecule has 0 atom stereocenters. The topological polar surface area (TPSA) is 106 Å². The number of aldehydes is 1. The molecule has 0 spiro atoms. The number of carbonyl (C=O) groups is 1. The van der Waals surface area contributed by atoms with E-state index in [4.69, 9.17) is 0 Å². The van der Waals surface area contributed by atoms with E-state index in [1.54, 1.807) is 6.92 Å². The molecule has 0 aliphatic carbocycles. The maximum absolute atomic E-state index is 11.5. The molecular formula is C8H8N4O3S. The first kappa shape index (κ1) is 10.7. The van der Waals surface area contributed by atoms with Gasteiger partial charge in [0.1, 0.15) is 11.3 Å². The smallest absolute Gasteiger partial charge is 0.195 e. The van der Waals surface area contributed by atoms with Crippen LogP contribution in [0.25, 0.3) is 11.2 Å². The molecule has 0 amide bonds. The van der Waals surface area contributed by atoms with E-state index in [-0.39, 0.29) is 27.8 Å². The first-order valence-corrected chi connectivity index (χ1v) is 6.20. The van der Waals surface area contributed by atoms with E-state index in [9.17, 15) is 13.2 Å². The van der Waals surface area contributed by atoms with Crippen LogP contribution in [0.4, 0.5) is 0 Å². The van der Waals surface area contributed by atoms with Gasteiger partial charge in [0.05, 0.1) is 0 Å². The average Bonchev–Trinajstić information content (AvgIpc) is 2.57. The molecule has 7 nitrogen and oxygen atoms in total. The van der Waals surface area contributed by atoms with Crippen LogP contribution in [0, 0.1) is 6.92 Å². The van der Waals surface area contributed by atoms with Gasteiger partial charge < -0.3 is 4.98 Å². The van der Waals surface area contributed by atoms with Gasteiger partial charge in [0.25, 0.3) is 0 Å². The molecule has 16 heavy (non-hydrogen) atoms. The van der Waals surface area contributed by atoms with Crippen LogP contribution in [0.2, 0.25) is 0 Å². The highest BCUT2D eigenvalue weighted by molar-refractivity contribution is 7.90. The van der Waals surface area contributed by atoms with Gasteiger partial charge in [0, 0.05) is 6.26 Å².